The van der Waals surface area contributed by atoms with E-state index in [1.807, 2.05) is 30.3 Å². The molecule has 0 aromatic heterocycles. The number of benzene rings is 2. The Labute approximate surface area is 211 Å². The predicted octanol–water partition coefficient (Wildman–Crippen LogP) is 6.86. The van der Waals surface area contributed by atoms with Gasteiger partial charge < -0.3 is 15.2 Å². The quantitative estimate of drug-likeness (QED) is 0.180. The number of aromatic hydroxyl groups is 1. The first kappa shape index (κ1) is 28.4. The third-order valence-corrected chi connectivity index (χ3v) is 6.23. The summed E-state index contributed by atoms with van der Waals surface area (Å²) in [6.45, 7) is 2.41. The van der Waals surface area contributed by atoms with Gasteiger partial charge in [0.2, 0.25) is 5.91 Å². The Bertz CT molecular complexity index is 835. The van der Waals surface area contributed by atoms with Crippen LogP contribution in [0.15, 0.2) is 54.6 Å². The monoisotopic (exact) mass is 481 g/mol. The molecule has 0 bridgehead atoms. The van der Waals surface area contributed by atoms with E-state index in [0.29, 0.717) is 12.8 Å². The van der Waals surface area contributed by atoms with Gasteiger partial charge in [0.1, 0.15) is 18.4 Å². The summed E-state index contributed by atoms with van der Waals surface area (Å²) >= 11 is 0. The van der Waals surface area contributed by atoms with Crippen LogP contribution in [0.5, 0.6) is 5.75 Å². The molecule has 0 heterocycles. The third-order valence-electron chi connectivity index (χ3n) is 6.23. The van der Waals surface area contributed by atoms with E-state index in [1.165, 1.54) is 51.4 Å². The first-order valence-electron chi connectivity index (χ1n) is 13.4. The lowest BCUT2D eigenvalue weighted by molar-refractivity contribution is -0.149. The lowest BCUT2D eigenvalue weighted by Gasteiger charge is -2.18. The highest BCUT2D eigenvalue weighted by atomic mass is 16.5. The summed E-state index contributed by atoms with van der Waals surface area (Å²) in [5.74, 6) is -0.409. The van der Waals surface area contributed by atoms with Crippen LogP contribution in [0, 0.1) is 0 Å². The number of ether oxygens (including phenoxy) is 1. The Morgan fingerprint density at radius 3 is 1.94 bits per heavy atom. The van der Waals surface area contributed by atoms with Gasteiger partial charge >= 0.3 is 5.97 Å². The topological polar surface area (TPSA) is 75.6 Å². The van der Waals surface area contributed by atoms with Gasteiger partial charge in [0.05, 0.1) is 0 Å². The van der Waals surface area contributed by atoms with E-state index in [0.717, 1.165) is 30.4 Å². The summed E-state index contributed by atoms with van der Waals surface area (Å²) in [4.78, 5) is 25.4. The fraction of sp³-hybridized carbons (Fsp3) is 0.533. The van der Waals surface area contributed by atoms with E-state index >= 15 is 0 Å². The molecule has 5 heteroatoms. The van der Waals surface area contributed by atoms with Crippen molar-refractivity contribution in [3.63, 3.8) is 0 Å². The molecule has 0 unspecified atom stereocenters. The summed E-state index contributed by atoms with van der Waals surface area (Å²) in [7, 11) is 0. The number of phenolic OH excluding ortho intramolecular Hbond substituents is 1. The number of amides is 1. The molecule has 35 heavy (non-hydrogen) atoms. The van der Waals surface area contributed by atoms with Crippen LogP contribution in [-0.2, 0) is 27.4 Å². The summed E-state index contributed by atoms with van der Waals surface area (Å²) in [6, 6.07) is 15.4. The van der Waals surface area contributed by atoms with Crippen molar-refractivity contribution in [3.8, 4) is 5.75 Å². The smallest absolute Gasteiger partial charge is 0.329 e. The van der Waals surface area contributed by atoms with E-state index in [4.69, 9.17) is 4.74 Å². The zero-order valence-electron chi connectivity index (χ0n) is 21.3. The van der Waals surface area contributed by atoms with E-state index < -0.39 is 12.0 Å². The Kier molecular flexibility index (Phi) is 14.3. The van der Waals surface area contributed by atoms with Crippen LogP contribution in [0.4, 0.5) is 0 Å². The van der Waals surface area contributed by atoms with Gasteiger partial charge in [-0.25, -0.2) is 4.79 Å². The van der Waals surface area contributed by atoms with Crippen molar-refractivity contribution in [1.82, 2.24) is 5.32 Å². The summed E-state index contributed by atoms with van der Waals surface area (Å²) < 4.78 is 5.50. The first-order valence-corrected chi connectivity index (χ1v) is 13.4. The van der Waals surface area contributed by atoms with Gasteiger partial charge in [0.15, 0.2) is 0 Å². The molecule has 2 aromatic rings. The van der Waals surface area contributed by atoms with Crippen molar-refractivity contribution in [2.75, 3.05) is 0 Å². The number of carbonyl (C=O) groups excluding carboxylic acids is 2. The van der Waals surface area contributed by atoms with Crippen LogP contribution in [0.2, 0.25) is 0 Å². The molecule has 0 aliphatic carbocycles. The normalized spacial score (nSPS) is 11.7. The summed E-state index contributed by atoms with van der Waals surface area (Å²) in [6.07, 6.45) is 14.3. The molecule has 2 aromatic carbocycles. The zero-order chi connectivity index (χ0) is 25.1. The number of rotatable bonds is 18. The molecule has 0 radical (unpaired) electrons. The van der Waals surface area contributed by atoms with Crippen LogP contribution in [0.1, 0.15) is 95.1 Å². The lowest BCUT2D eigenvalue weighted by Crippen LogP contribution is -2.43. The largest absolute Gasteiger partial charge is 0.508 e. The van der Waals surface area contributed by atoms with Gasteiger partial charge in [0.25, 0.3) is 0 Å². The molecule has 0 aliphatic heterocycles. The number of hydrogen-bond donors (Lipinski definition) is 2. The average Bonchev–Trinajstić information content (AvgIpc) is 2.87. The number of unbranched alkanes of at least 4 members (excludes halogenated alkanes) is 10. The molecular formula is C30H43NO4. The highest BCUT2D eigenvalue weighted by Gasteiger charge is 2.23. The molecule has 0 aliphatic rings. The Morgan fingerprint density at radius 2 is 1.34 bits per heavy atom. The van der Waals surface area contributed by atoms with Crippen molar-refractivity contribution in [1.29, 1.82) is 0 Å². The lowest BCUT2D eigenvalue weighted by atomic mass is 10.0. The molecule has 0 spiro atoms. The minimum atomic E-state index is -0.761. The van der Waals surface area contributed by atoms with Gasteiger partial charge in [-0.15, -0.1) is 0 Å². The molecule has 2 N–H and O–H groups in total. The maximum atomic E-state index is 12.8. The molecule has 2 rings (SSSR count). The highest BCUT2D eigenvalue weighted by molar-refractivity contribution is 5.84. The van der Waals surface area contributed by atoms with Crippen LogP contribution < -0.4 is 5.32 Å². The molecule has 192 valence electrons. The number of hydrogen-bond acceptors (Lipinski definition) is 4. The third kappa shape index (κ3) is 13.0. The fourth-order valence-corrected chi connectivity index (χ4v) is 4.11. The second kappa shape index (κ2) is 17.6. The minimum absolute atomic E-state index is 0.124. The number of phenols is 1. The Hall–Kier alpha value is -2.82. The SMILES string of the molecule is CCCCCCCCCCCCCC(=O)N[C@@H](Cc1ccc(O)cc1)C(=O)OCc1ccccc1. The van der Waals surface area contributed by atoms with Gasteiger partial charge in [0, 0.05) is 12.8 Å². The van der Waals surface area contributed by atoms with Gasteiger partial charge in [-0.2, -0.15) is 0 Å². The molecule has 0 saturated carbocycles. The van der Waals surface area contributed by atoms with E-state index in [-0.39, 0.29) is 18.3 Å². The van der Waals surface area contributed by atoms with Gasteiger partial charge in [-0.1, -0.05) is 114 Å². The minimum Gasteiger partial charge on any atom is -0.508 e. The van der Waals surface area contributed by atoms with E-state index in [2.05, 4.69) is 12.2 Å². The molecule has 1 atom stereocenters. The fourth-order valence-electron chi connectivity index (χ4n) is 4.11. The second-order valence-corrected chi connectivity index (χ2v) is 9.37. The molecular weight excluding hydrogens is 438 g/mol. The Balaban J connectivity index is 1.72. The summed E-state index contributed by atoms with van der Waals surface area (Å²) in [5.41, 5.74) is 1.75. The first-order chi connectivity index (χ1) is 17.1. The van der Waals surface area contributed by atoms with Gasteiger partial charge in [-0.05, 0) is 29.7 Å². The van der Waals surface area contributed by atoms with Gasteiger partial charge in [-0.3, -0.25) is 4.79 Å². The highest BCUT2D eigenvalue weighted by Crippen LogP contribution is 2.14. The molecule has 1 amide bonds. The Morgan fingerprint density at radius 1 is 0.771 bits per heavy atom. The maximum absolute atomic E-state index is 12.8. The maximum Gasteiger partial charge on any atom is 0.329 e. The number of esters is 1. The van der Waals surface area contributed by atoms with E-state index in [1.54, 1.807) is 24.3 Å². The number of nitrogens with one attached hydrogen (secondary N) is 1. The summed E-state index contributed by atoms with van der Waals surface area (Å²) in [5, 5.41) is 12.4. The molecule has 0 saturated heterocycles. The average molecular weight is 482 g/mol. The number of carbonyl (C=O) groups is 2. The van der Waals surface area contributed by atoms with Crippen LogP contribution in [0.3, 0.4) is 0 Å². The molecule has 5 nitrogen and oxygen atoms in total. The second-order valence-electron chi connectivity index (χ2n) is 9.37. The van der Waals surface area contributed by atoms with Crippen molar-refractivity contribution in [3.05, 3.63) is 65.7 Å². The van der Waals surface area contributed by atoms with Crippen molar-refractivity contribution < 1.29 is 19.4 Å². The molecule has 0 fully saturated rings. The van der Waals surface area contributed by atoms with E-state index in [9.17, 15) is 14.7 Å². The van der Waals surface area contributed by atoms with Crippen LogP contribution in [-0.4, -0.2) is 23.0 Å². The zero-order valence-corrected chi connectivity index (χ0v) is 21.3. The predicted molar refractivity (Wildman–Crippen MR) is 141 cm³/mol. The van der Waals surface area contributed by atoms with Crippen LogP contribution in [0.25, 0.3) is 0 Å². The van der Waals surface area contributed by atoms with Crippen LogP contribution >= 0.6 is 0 Å². The van der Waals surface area contributed by atoms with Crippen molar-refractivity contribution in [2.24, 2.45) is 0 Å². The van der Waals surface area contributed by atoms with Crippen molar-refractivity contribution in [2.45, 2.75) is 103 Å². The van der Waals surface area contributed by atoms with Crippen molar-refractivity contribution >= 4 is 11.9 Å². The standard InChI is InChI=1S/C30H43NO4/c1-2-3-4-5-6-7-8-9-10-11-15-18-29(33)31-28(23-25-19-21-27(32)22-20-25)30(34)35-24-26-16-13-12-14-17-26/h12-14,16-17,19-22,28,32H,2-11,15,18,23-24H2,1H3,(H,31,33)/t28-/m0/s1.